The van der Waals surface area contributed by atoms with Crippen molar-refractivity contribution in [2.24, 2.45) is 5.92 Å². The highest BCUT2D eigenvalue weighted by Gasteiger charge is 2.49. The first kappa shape index (κ1) is 36.5. The van der Waals surface area contributed by atoms with E-state index < -0.39 is 8.80 Å². The average molecular weight is 524 g/mol. The summed E-state index contributed by atoms with van der Waals surface area (Å²) in [4.78, 5) is 0. The Morgan fingerprint density at radius 3 is 1.21 bits per heavy atom. The fraction of sp³-hybridized carbons (Fsp3) is 1.00. The second kappa shape index (κ2) is 26.4. The Labute approximate surface area is 220 Å². The third kappa shape index (κ3) is 16.9. The SMILES string of the molecule is CCCCCCCCCCCCCCCCCCCC(CCCl)C(CC)[Si](OC)(OC)OC.N. The summed E-state index contributed by atoms with van der Waals surface area (Å²) in [5.74, 6) is 1.22. The average Bonchev–Trinajstić information content (AvgIpc) is 2.84. The molecular formula is C28H62ClNO3Si. The Hall–Kier alpha value is 0.347. The van der Waals surface area contributed by atoms with E-state index in [2.05, 4.69) is 13.8 Å². The van der Waals surface area contributed by atoms with Crippen LogP contribution in [0.5, 0.6) is 0 Å². The summed E-state index contributed by atoms with van der Waals surface area (Å²) in [6, 6.07) is 0. The van der Waals surface area contributed by atoms with Gasteiger partial charge in [0.05, 0.1) is 0 Å². The number of hydrogen-bond acceptors (Lipinski definition) is 4. The maximum absolute atomic E-state index is 6.15. The van der Waals surface area contributed by atoms with Crippen LogP contribution in [0.2, 0.25) is 5.54 Å². The zero-order chi connectivity index (χ0) is 24.6. The molecule has 0 fully saturated rings. The molecular weight excluding hydrogens is 462 g/mol. The van der Waals surface area contributed by atoms with Crippen LogP contribution in [0.25, 0.3) is 0 Å². The summed E-state index contributed by atoms with van der Waals surface area (Å²) >= 11 is 6.15. The molecule has 34 heavy (non-hydrogen) atoms. The summed E-state index contributed by atoms with van der Waals surface area (Å²) in [5, 5.41) is 0. The van der Waals surface area contributed by atoms with Crippen molar-refractivity contribution < 1.29 is 13.3 Å². The van der Waals surface area contributed by atoms with Gasteiger partial charge in [-0.15, -0.1) is 11.6 Å². The van der Waals surface area contributed by atoms with Gasteiger partial charge in [-0.2, -0.15) is 0 Å². The maximum atomic E-state index is 6.15. The molecule has 0 heterocycles. The highest BCUT2D eigenvalue weighted by molar-refractivity contribution is 6.62. The molecule has 0 aliphatic heterocycles. The molecule has 4 nitrogen and oxygen atoms in total. The molecule has 0 aromatic rings. The summed E-state index contributed by atoms with van der Waals surface area (Å²) in [7, 11) is 2.58. The van der Waals surface area contributed by atoms with Crippen molar-refractivity contribution in [3.63, 3.8) is 0 Å². The van der Waals surface area contributed by atoms with Gasteiger partial charge in [-0.3, -0.25) is 0 Å². The molecule has 0 amide bonds. The van der Waals surface area contributed by atoms with E-state index in [0.29, 0.717) is 17.3 Å². The van der Waals surface area contributed by atoms with Crippen molar-refractivity contribution >= 4 is 20.4 Å². The van der Waals surface area contributed by atoms with Crippen LogP contribution in [0.15, 0.2) is 0 Å². The summed E-state index contributed by atoms with van der Waals surface area (Å²) in [5.41, 5.74) is 0.331. The van der Waals surface area contributed by atoms with Gasteiger partial charge in [0.25, 0.3) is 0 Å². The molecule has 0 aliphatic rings. The third-order valence-electron chi connectivity index (χ3n) is 7.47. The van der Waals surface area contributed by atoms with Crippen molar-refractivity contribution in [1.82, 2.24) is 6.15 Å². The van der Waals surface area contributed by atoms with E-state index in [1.54, 1.807) is 21.3 Å². The lowest BCUT2D eigenvalue weighted by atomic mass is 9.93. The Balaban J connectivity index is 0. The number of halogens is 1. The van der Waals surface area contributed by atoms with Crippen LogP contribution in [0.1, 0.15) is 142 Å². The van der Waals surface area contributed by atoms with Crippen LogP contribution in [-0.2, 0) is 13.3 Å². The largest absolute Gasteiger partial charge is 0.503 e. The number of unbranched alkanes of at least 4 members (excludes halogenated alkanes) is 16. The van der Waals surface area contributed by atoms with Crippen molar-refractivity contribution in [2.75, 3.05) is 27.2 Å². The van der Waals surface area contributed by atoms with Crippen molar-refractivity contribution in [3.8, 4) is 0 Å². The van der Waals surface area contributed by atoms with Crippen LogP contribution in [-0.4, -0.2) is 36.0 Å². The first-order valence-electron chi connectivity index (χ1n) is 14.4. The van der Waals surface area contributed by atoms with Crippen molar-refractivity contribution in [3.05, 3.63) is 0 Å². The number of hydrogen-bond donors (Lipinski definition) is 1. The molecule has 0 saturated carbocycles. The predicted octanol–water partition coefficient (Wildman–Crippen LogP) is 10.1. The quantitative estimate of drug-likeness (QED) is 0.0695. The van der Waals surface area contributed by atoms with Crippen LogP contribution >= 0.6 is 11.6 Å². The van der Waals surface area contributed by atoms with Gasteiger partial charge >= 0.3 is 8.80 Å². The van der Waals surface area contributed by atoms with Gasteiger partial charge in [-0.05, 0) is 18.8 Å². The van der Waals surface area contributed by atoms with Gasteiger partial charge in [0.2, 0.25) is 0 Å². The van der Waals surface area contributed by atoms with E-state index in [4.69, 9.17) is 24.9 Å². The molecule has 0 spiro atoms. The zero-order valence-electron chi connectivity index (χ0n) is 23.8. The molecule has 0 aromatic carbocycles. The molecule has 208 valence electrons. The molecule has 0 saturated heterocycles. The number of alkyl halides is 1. The summed E-state index contributed by atoms with van der Waals surface area (Å²) < 4.78 is 17.4. The van der Waals surface area contributed by atoms with Gasteiger partial charge in [0.1, 0.15) is 0 Å². The Morgan fingerprint density at radius 2 is 0.912 bits per heavy atom. The van der Waals surface area contributed by atoms with Gasteiger partial charge in [-0.1, -0.05) is 129 Å². The minimum atomic E-state index is -2.62. The third-order valence-corrected chi connectivity index (χ3v) is 11.2. The highest BCUT2D eigenvalue weighted by atomic mass is 35.5. The number of rotatable bonds is 26. The lowest BCUT2D eigenvalue weighted by Gasteiger charge is -2.37. The first-order chi connectivity index (χ1) is 16.2. The summed E-state index contributed by atoms with van der Waals surface area (Å²) in [6.07, 6.45) is 27.3. The smallest absolute Gasteiger partial charge is 0.377 e. The Morgan fingerprint density at radius 1 is 0.559 bits per heavy atom. The monoisotopic (exact) mass is 523 g/mol. The molecule has 0 aliphatic carbocycles. The van der Waals surface area contributed by atoms with E-state index in [-0.39, 0.29) is 6.15 Å². The standard InChI is InChI=1S/C28H59ClO3Si.H3N/c1-6-8-9-10-11-12-13-14-15-16-17-18-19-20-21-22-23-24-27(25-26-29)28(7-2)33(30-3,31-4)32-5;/h27-28H,6-26H2,1-5H3;1H3. The van der Waals surface area contributed by atoms with Gasteiger partial charge in [0, 0.05) is 32.8 Å². The zero-order valence-corrected chi connectivity index (χ0v) is 25.6. The fourth-order valence-electron chi connectivity index (χ4n) is 5.39. The molecule has 0 rings (SSSR count). The Bertz CT molecular complexity index is 392. The van der Waals surface area contributed by atoms with E-state index in [9.17, 15) is 0 Å². The van der Waals surface area contributed by atoms with Gasteiger partial charge in [0.15, 0.2) is 0 Å². The second-order valence-electron chi connectivity index (χ2n) is 9.91. The summed E-state index contributed by atoms with van der Waals surface area (Å²) in [6.45, 7) is 4.51. The van der Waals surface area contributed by atoms with Crippen LogP contribution < -0.4 is 6.15 Å². The lowest BCUT2D eigenvalue weighted by molar-refractivity contribution is 0.0979. The van der Waals surface area contributed by atoms with E-state index in [1.807, 2.05) is 0 Å². The topological polar surface area (TPSA) is 62.7 Å². The lowest BCUT2D eigenvalue weighted by Crippen LogP contribution is -2.50. The van der Waals surface area contributed by atoms with Crippen LogP contribution in [0.4, 0.5) is 0 Å². The second-order valence-corrected chi connectivity index (χ2v) is 13.5. The fourth-order valence-corrected chi connectivity index (χ4v) is 8.49. The van der Waals surface area contributed by atoms with Crippen molar-refractivity contribution in [1.29, 1.82) is 0 Å². The Kier molecular flexibility index (Phi) is 28.4. The molecule has 0 aromatic heterocycles. The normalized spacial score (nSPS) is 13.6. The molecule has 0 radical (unpaired) electrons. The van der Waals surface area contributed by atoms with E-state index >= 15 is 0 Å². The van der Waals surface area contributed by atoms with Crippen molar-refractivity contribution in [2.45, 2.75) is 148 Å². The van der Waals surface area contributed by atoms with Gasteiger partial charge in [-0.25, -0.2) is 0 Å². The molecule has 6 heteroatoms. The highest BCUT2D eigenvalue weighted by Crippen LogP contribution is 2.39. The van der Waals surface area contributed by atoms with Crippen LogP contribution in [0.3, 0.4) is 0 Å². The molecule has 2 atom stereocenters. The molecule has 2 unspecified atom stereocenters. The predicted molar refractivity (Wildman–Crippen MR) is 153 cm³/mol. The maximum Gasteiger partial charge on any atom is 0.503 e. The minimum Gasteiger partial charge on any atom is -0.377 e. The molecule has 0 bridgehead atoms. The first-order valence-corrected chi connectivity index (χ1v) is 16.7. The molecule has 3 N–H and O–H groups in total. The van der Waals surface area contributed by atoms with E-state index in [0.717, 1.165) is 12.8 Å². The van der Waals surface area contributed by atoms with Crippen LogP contribution in [0, 0.1) is 5.92 Å². The minimum absolute atomic E-state index is 0. The van der Waals surface area contributed by atoms with E-state index in [1.165, 1.54) is 116 Å². The van der Waals surface area contributed by atoms with Gasteiger partial charge < -0.3 is 19.4 Å².